The van der Waals surface area contributed by atoms with Gasteiger partial charge in [0.2, 0.25) is 0 Å². The van der Waals surface area contributed by atoms with Crippen LogP contribution in [0.1, 0.15) is 64.2 Å². The zero-order valence-corrected chi connectivity index (χ0v) is 10.6. The molecule has 92 valence electrons. The van der Waals surface area contributed by atoms with E-state index in [1.54, 1.807) is 0 Å². The maximum absolute atomic E-state index is 3.95. The highest BCUT2D eigenvalue weighted by molar-refractivity contribution is 4.92. The molecular formula is C15H27N. The highest BCUT2D eigenvalue weighted by Gasteiger charge is 2.37. The minimum atomic E-state index is 0.904. The molecule has 0 amide bonds. The highest BCUT2D eigenvalue weighted by atomic mass is 14.9. The van der Waals surface area contributed by atoms with E-state index in [-0.39, 0.29) is 0 Å². The van der Waals surface area contributed by atoms with Crippen molar-refractivity contribution in [3.8, 4) is 0 Å². The summed E-state index contributed by atoms with van der Waals surface area (Å²) in [7, 11) is 0. The lowest BCUT2D eigenvalue weighted by Gasteiger charge is -2.34. The van der Waals surface area contributed by atoms with Gasteiger partial charge in [-0.15, -0.1) is 0 Å². The largest absolute Gasteiger partial charge is 0.313 e. The van der Waals surface area contributed by atoms with E-state index in [9.17, 15) is 0 Å². The Morgan fingerprint density at radius 3 is 2.00 bits per heavy atom. The SMILES string of the molecule is C1CCC(C(NCC2CCC2)C2CC2)CC1. The van der Waals surface area contributed by atoms with Gasteiger partial charge < -0.3 is 5.32 Å². The van der Waals surface area contributed by atoms with Crippen LogP contribution in [0.25, 0.3) is 0 Å². The number of rotatable bonds is 5. The van der Waals surface area contributed by atoms with Gasteiger partial charge in [0.15, 0.2) is 0 Å². The first-order valence-corrected chi connectivity index (χ1v) is 7.67. The van der Waals surface area contributed by atoms with Crippen molar-refractivity contribution in [2.75, 3.05) is 6.54 Å². The molecule has 0 aromatic heterocycles. The maximum atomic E-state index is 3.95. The summed E-state index contributed by atoms with van der Waals surface area (Å²) < 4.78 is 0. The van der Waals surface area contributed by atoms with Gasteiger partial charge in [0, 0.05) is 6.04 Å². The third kappa shape index (κ3) is 2.61. The van der Waals surface area contributed by atoms with E-state index in [4.69, 9.17) is 0 Å². The summed E-state index contributed by atoms with van der Waals surface area (Å²) in [5.74, 6) is 3.12. The number of hydrogen-bond acceptors (Lipinski definition) is 1. The molecule has 0 radical (unpaired) electrons. The molecule has 0 bridgehead atoms. The summed E-state index contributed by atoms with van der Waals surface area (Å²) in [6.07, 6.45) is 15.0. The van der Waals surface area contributed by atoms with Crippen LogP contribution < -0.4 is 5.32 Å². The van der Waals surface area contributed by atoms with E-state index in [0.717, 1.165) is 23.8 Å². The van der Waals surface area contributed by atoms with Crippen LogP contribution in [0.2, 0.25) is 0 Å². The lowest BCUT2D eigenvalue weighted by atomic mass is 9.80. The quantitative estimate of drug-likeness (QED) is 0.746. The van der Waals surface area contributed by atoms with Gasteiger partial charge >= 0.3 is 0 Å². The van der Waals surface area contributed by atoms with Crippen LogP contribution in [0.5, 0.6) is 0 Å². The van der Waals surface area contributed by atoms with Crippen molar-refractivity contribution < 1.29 is 0 Å². The zero-order chi connectivity index (χ0) is 10.8. The van der Waals surface area contributed by atoms with Gasteiger partial charge in [0.1, 0.15) is 0 Å². The average Bonchev–Trinajstić information content (AvgIpc) is 3.07. The topological polar surface area (TPSA) is 12.0 Å². The molecule has 3 aliphatic rings. The lowest BCUT2D eigenvalue weighted by molar-refractivity contribution is 0.216. The summed E-state index contributed by atoms with van der Waals surface area (Å²) in [4.78, 5) is 0. The molecular weight excluding hydrogens is 194 g/mol. The van der Waals surface area contributed by atoms with E-state index in [1.165, 1.54) is 70.8 Å². The van der Waals surface area contributed by atoms with Gasteiger partial charge in [-0.1, -0.05) is 25.7 Å². The first-order chi connectivity index (χ1) is 7.93. The molecule has 0 aliphatic heterocycles. The van der Waals surface area contributed by atoms with Crippen LogP contribution in [0.15, 0.2) is 0 Å². The van der Waals surface area contributed by atoms with Crippen LogP contribution in [-0.2, 0) is 0 Å². The van der Waals surface area contributed by atoms with E-state index in [2.05, 4.69) is 5.32 Å². The number of nitrogens with one attached hydrogen (secondary N) is 1. The molecule has 16 heavy (non-hydrogen) atoms. The Bertz CT molecular complexity index is 211. The van der Waals surface area contributed by atoms with Crippen molar-refractivity contribution in [3.05, 3.63) is 0 Å². The summed E-state index contributed by atoms with van der Waals surface area (Å²) in [6.45, 7) is 1.33. The summed E-state index contributed by atoms with van der Waals surface area (Å²) in [5.41, 5.74) is 0. The minimum Gasteiger partial charge on any atom is -0.313 e. The molecule has 3 aliphatic carbocycles. The fourth-order valence-electron chi connectivity index (χ4n) is 3.67. The van der Waals surface area contributed by atoms with Gasteiger partial charge in [-0.05, 0) is 62.8 Å². The van der Waals surface area contributed by atoms with Crippen molar-refractivity contribution in [2.45, 2.75) is 70.3 Å². The Balaban J connectivity index is 1.48. The van der Waals surface area contributed by atoms with Crippen LogP contribution in [0.3, 0.4) is 0 Å². The monoisotopic (exact) mass is 221 g/mol. The van der Waals surface area contributed by atoms with E-state index >= 15 is 0 Å². The summed E-state index contributed by atoms with van der Waals surface area (Å²) >= 11 is 0. The lowest BCUT2D eigenvalue weighted by Crippen LogP contribution is -2.42. The van der Waals surface area contributed by atoms with Crippen molar-refractivity contribution in [1.82, 2.24) is 5.32 Å². The Kier molecular flexibility index (Phi) is 3.51. The molecule has 1 nitrogen and oxygen atoms in total. The molecule has 0 spiro atoms. The van der Waals surface area contributed by atoms with Crippen molar-refractivity contribution in [3.63, 3.8) is 0 Å². The predicted octanol–water partition coefficient (Wildman–Crippen LogP) is 3.74. The normalized spacial score (nSPS) is 30.0. The van der Waals surface area contributed by atoms with Gasteiger partial charge in [-0.3, -0.25) is 0 Å². The molecule has 3 fully saturated rings. The molecule has 1 atom stereocenters. The molecule has 3 rings (SSSR count). The Hall–Kier alpha value is -0.0400. The Morgan fingerprint density at radius 1 is 0.750 bits per heavy atom. The highest BCUT2D eigenvalue weighted by Crippen LogP contribution is 2.40. The first-order valence-electron chi connectivity index (χ1n) is 7.67. The standard InChI is InChI=1S/C15H27N/c1-2-7-13(8-3-1)15(14-9-10-14)16-11-12-5-4-6-12/h12-16H,1-11H2. The van der Waals surface area contributed by atoms with Gasteiger partial charge in [0.25, 0.3) is 0 Å². The Morgan fingerprint density at radius 2 is 1.44 bits per heavy atom. The van der Waals surface area contributed by atoms with Gasteiger partial charge in [0.05, 0.1) is 0 Å². The van der Waals surface area contributed by atoms with E-state index in [0.29, 0.717) is 0 Å². The van der Waals surface area contributed by atoms with Crippen molar-refractivity contribution in [2.24, 2.45) is 17.8 Å². The number of hydrogen-bond donors (Lipinski definition) is 1. The maximum Gasteiger partial charge on any atom is 0.0124 e. The second kappa shape index (κ2) is 5.08. The van der Waals surface area contributed by atoms with Crippen LogP contribution in [0.4, 0.5) is 0 Å². The van der Waals surface area contributed by atoms with Crippen LogP contribution in [-0.4, -0.2) is 12.6 Å². The van der Waals surface area contributed by atoms with E-state index < -0.39 is 0 Å². The van der Waals surface area contributed by atoms with Crippen molar-refractivity contribution in [1.29, 1.82) is 0 Å². The van der Waals surface area contributed by atoms with Gasteiger partial charge in [-0.25, -0.2) is 0 Å². The summed E-state index contributed by atoms with van der Waals surface area (Å²) in [5, 5.41) is 3.95. The second-order valence-corrected chi connectivity index (χ2v) is 6.47. The third-order valence-electron chi connectivity index (χ3n) is 5.15. The molecule has 0 aromatic rings. The van der Waals surface area contributed by atoms with E-state index in [1.807, 2.05) is 0 Å². The minimum absolute atomic E-state index is 0.904. The molecule has 0 saturated heterocycles. The van der Waals surface area contributed by atoms with Crippen LogP contribution in [0, 0.1) is 17.8 Å². The Labute approximate surface area is 100 Å². The zero-order valence-electron chi connectivity index (χ0n) is 10.6. The fraction of sp³-hybridized carbons (Fsp3) is 1.00. The second-order valence-electron chi connectivity index (χ2n) is 6.47. The molecule has 3 saturated carbocycles. The smallest absolute Gasteiger partial charge is 0.0124 e. The molecule has 1 N–H and O–H groups in total. The van der Waals surface area contributed by atoms with Gasteiger partial charge in [-0.2, -0.15) is 0 Å². The molecule has 1 heteroatoms. The molecule has 1 unspecified atom stereocenters. The fourth-order valence-corrected chi connectivity index (χ4v) is 3.67. The van der Waals surface area contributed by atoms with Crippen LogP contribution >= 0.6 is 0 Å². The summed E-state index contributed by atoms with van der Waals surface area (Å²) in [6, 6.07) is 0.904. The molecule has 0 heterocycles. The first kappa shape index (κ1) is 11.1. The average molecular weight is 221 g/mol. The molecule has 0 aromatic carbocycles. The third-order valence-corrected chi connectivity index (χ3v) is 5.15. The predicted molar refractivity (Wildman–Crippen MR) is 68.4 cm³/mol. The van der Waals surface area contributed by atoms with Crippen molar-refractivity contribution >= 4 is 0 Å².